The normalized spacial score (nSPS) is 20.4. The van der Waals surface area contributed by atoms with Crippen molar-refractivity contribution < 1.29 is 23.9 Å². The van der Waals surface area contributed by atoms with Crippen molar-refractivity contribution in [3.63, 3.8) is 0 Å². The molecule has 1 atom stereocenters. The van der Waals surface area contributed by atoms with Gasteiger partial charge in [-0.15, -0.1) is 0 Å². The van der Waals surface area contributed by atoms with E-state index in [1.54, 1.807) is 42.5 Å². The van der Waals surface area contributed by atoms with Crippen LogP contribution in [-0.2, 0) is 20.9 Å². The molecule has 8 heteroatoms. The third kappa shape index (κ3) is 2.84. The van der Waals surface area contributed by atoms with Crippen molar-refractivity contribution in [1.82, 2.24) is 4.90 Å². The van der Waals surface area contributed by atoms with Gasteiger partial charge < -0.3 is 14.4 Å². The molecule has 2 aromatic carbocycles. The first-order chi connectivity index (χ1) is 13.9. The third-order valence-electron chi connectivity index (χ3n) is 5.47. The molecule has 0 spiro atoms. The fourth-order valence-corrected chi connectivity index (χ4v) is 4.20. The molecule has 29 heavy (non-hydrogen) atoms. The molecule has 2 aliphatic rings. The first-order valence-electron chi connectivity index (χ1n) is 9.10. The molecule has 1 fully saturated rings. The number of benzene rings is 2. The van der Waals surface area contributed by atoms with Crippen molar-refractivity contribution in [3.05, 3.63) is 58.6 Å². The van der Waals surface area contributed by atoms with Gasteiger partial charge in [-0.25, -0.2) is 4.79 Å². The van der Waals surface area contributed by atoms with Crippen LogP contribution >= 0.6 is 11.6 Å². The highest BCUT2D eigenvalue weighted by Crippen LogP contribution is 2.44. The Kier molecular flexibility index (Phi) is 4.70. The van der Waals surface area contributed by atoms with Gasteiger partial charge in [0.25, 0.3) is 5.91 Å². The van der Waals surface area contributed by atoms with E-state index < -0.39 is 11.6 Å². The van der Waals surface area contributed by atoms with E-state index in [0.717, 1.165) is 0 Å². The summed E-state index contributed by atoms with van der Waals surface area (Å²) in [6.45, 7) is -0.101. The van der Waals surface area contributed by atoms with Crippen LogP contribution < -0.4 is 9.64 Å². The molecule has 1 saturated heterocycles. The van der Waals surface area contributed by atoms with E-state index >= 15 is 0 Å². The first-order valence-corrected chi connectivity index (χ1v) is 9.48. The Morgan fingerprint density at radius 3 is 2.72 bits per heavy atom. The Hall–Kier alpha value is -3.06. The van der Waals surface area contributed by atoms with E-state index in [2.05, 4.69) is 0 Å². The zero-order valence-corrected chi connectivity index (χ0v) is 16.7. The average molecular weight is 415 g/mol. The Labute approximate surface area is 172 Å². The molecular formula is C21H19ClN2O5. The number of likely N-dealkylation sites (N-methyl/N-ethyl adjacent to an activating group) is 1. The van der Waals surface area contributed by atoms with Crippen molar-refractivity contribution in [3.8, 4) is 5.75 Å². The number of para-hydroxylation sites is 1. The summed E-state index contributed by atoms with van der Waals surface area (Å²) < 4.78 is 10.9. The van der Waals surface area contributed by atoms with Crippen molar-refractivity contribution in [2.45, 2.75) is 25.1 Å². The molecule has 2 heterocycles. The standard InChI is InChI=1S/C21H19ClN2O5/c1-23-19(26)15-5-3-4-6-16(15)24-18(25)9-10-21(23,24)20(27)29-12-13-11-14(22)7-8-17(13)28-2/h3-8,11H,9-10,12H2,1-2H3/t21-/m0/s1. The molecular weight excluding hydrogens is 396 g/mol. The van der Waals surface area contributed by atoms with E-state index in [4.69, 9.17) is 21.1 Å². The first kappa shape index (κ1) is 19.3. The number of nitrogens with zero attached hydrogens (tertiary/aromatic N) is 2. The number of anilines is 1. The minimum absolute atomic E-state index is 0.101. The lowest BCUT2D eigenvalue weighted by molar-refractivity contribution is -0.157. The summed E-state index contributed by atoms with van der Waals surface area (Å²) >= 11 is 6.04. The monoisotopic (exact) mass is 414 g/mol. The Balaban J connectivity index is 1.69. The second-order valence-electron chi connectivity index (χ2n) is 6.96. The number of esters is 1. The van der Waals surface area contributed by atoms with Crippen LogP contribution in [0.4, 0.5) is 5.69 Å². The number of carbonyl (C=O) groups excluding carboxylic acids is 3. The van der Waals surface area contributed by atoms with E-state index in [0.29, 0.717) is 27.6 Å². The summed E-state index contributed by atoms with van der Waals surface area (Å²) in [6, 6.07) is 11.8. The number of halogens is 1. The summed E-state index contributed by atoms with van der Waals surface area (Å²) in [5.41, 5.74) is -0.111. The van der Waals surface area contributed by atoms with E-state index in [9.17, 15) is 14.4 Å². The van der Waals surface area contributed by atoms with Crippen molar-refractivity contribution in [2.24, 2.45) is 0 Å². The maximum atomic E-state index is 13.3. The molecule has 2 aromatic rings. The molecule has 0 radical (unpaired) electrons. The Morgan fingerprint density at radius 2 is 1.97 bits per heavy atom. The molecule has 2 aliphatic heterocycles. The van der Waals surface area contributed by atoms with Gasteiger partial charge in [0.05, 0.1) is 18.4 Å². The fourth-order valence-electron chi connectivity index (χ4n) is 4.01. The van der Waals surface area contributed by atoms with E-state index in [-0.39, 0.29) is 31.3 Å². The fraction of sp³-hybridized carbons (Fsp3) is 0.286. The van der Waals surface area contributed by atoms with Gasteiger partial charge >= 0.3 is 5.97 Å². The third-order valence-corrected chi connectivity index (χ3v) is 5.70. The lowest BCUT2D eigenvalue weighted by atomic mass is 9.97. The van der Waals surface area contributed by atoms with E-state index in [1.807, 2.05) is 0 Å². The number of amides is 2. The predicted molar refractivity (Wildman–Crippen MR) is 106 cm³/mol. The van der Waals surface area contributed by atoms with Crippen LogP contribution in [0.3, 0.4) is 0 Å². The summed E-state index contributed by atoms with van der Waals surface area (Å²) in [4.78, 5) is 41.6. The van der Waals surface area contributed by atoms with Crippen LogP contribution in [0.5, 0.6) is 5.75 Å². The van der Waals surface area contributed by atoms with Gasteiger partial charge in [-0.3, -0.25) is 14.5 Å². The Morgan fingerprint density at radius 1 is 1.21 bits per heavy atom. The SMILES string of the molecule is COc1ccc(Cl)cc1COC(=O)[C@]12CCC(=O)N1c1ccccc1C(=O)N2C. The molecule has 0 N–H and O–H groups in total. The molecule has 0 unspecified atom stereocenters. The van der Waals surface area contributed by atoms with E-state index in [1.165, 1.54) is 24.0 Å². The molecule has 0 bridgehead atoms. The van der Waals surface area contributed by atoms with Gasteiger partial charge in [0.15, 0.2) is 0 Å². The van der Waals surface area contributed by atoms with Crippen molar-refractivity contribution in [1.29, 1.82) is 0 Å². The number of carbonyl (C=O) groups is 3. The lowest BCUT2D eigenvalue weighted by Crippen LogP contribution is -2.67. The second kappa shape index (κ2) is 7.08. The van der Waals surface area contributed by atoms with Gasteiger partial charge in [-0.05, 0) is 30.3 Å². The number of methoxy groups -OCH3 is 1. The van der Waals surface area contributed by atoms with Gasteiger partial charge in [0, 0.05) is 30.5 Å². The molecule has 150 valence electrons. The van der Waals surface area contributed by atoms with Crippen LogP contribution in [0.25, 0.3) is 0 Å². The zero-order chi connectivity index (χ0) is 20.8. The highest BCUT2D eigenvalue weighted by atomic mass is 35.5. The number of fused-ring (bicyclic) bond motifs is 3. The number of hydrogen-bond donors (Lipinski definition) is 0. The molecule has 2 amide bonds. The van der Waals surface area contributed by atoms with Gasteiger partial charge in [-0.1, -0.05) is 23.7 Å². The highest BCUT2D eigenvalue weighted by Gasteiger charge is 2.60. The van der Waals surface area contributed by atoms with Gasteiger partial charge in [-0.2, -0.15) is 0 Å². The van der Waals surface area contributed by atoms with Gasteiger partial charge in [0.2, 0.25) is 11.6 Å². The zero-order valence-electron chi connectivity index (χ0n) is 16.0. The molecule has 0 aliphatic carbocycles. The smallest absolute Gasteiger partial charge is 0.354 e. The minimum Gasteiger partial charge on any atom is -0.496 e. The lowest BCUT2D eigenvalue weighted by Gasteiger charge is -2.46. The highest BCUT2D eigenvalue weighted by molar-refractivity contribution is 6.30. The summed E-state index contributed by atoms with van der Waals surface area (Å²) in [7, 11) is 3.03. The molecule has 0 aromatic heterocycles. The summed E-state index contributed by atoms with van der Waals surface area (Å²) in [5, 5.41) is 0.478. The number of rotatable bonds is 4. The topological polar surface area (TPSA) is 76.1 Å². The molecule has 0 saturated carbocycles. The second-order valence-corrected chi connectivity index (χ2v) is 7.40. The molecule has 7 nitrogen and oxygen atoms in total. The number of hydrogen-bond acceptors (Lipinski definition) is 5. The van der Waals surface area contributed by atoms with Crippen LogP contribution in [0, 0.1) is 0 Å². The predicted octanol–water partition coefficient (Wildman–Crippen LogP) is 3.00. The average Bonchev–Trinajstić information content (AvgIpc) is 3.09. The summed E-state index contributed by atoms with van der Waals surface area (Å²) in [5.74, 6) is -0.703. The van der Waals surface area contributed by atoms with Crippen LogP contribution in [-0.4, -0.2) is 42.5 Å². The largest absolute Gasteiger partial charge is 0.496 e. The van der Waals surface area contributed by atoms with Gasteiger partial charge in [0.1, 0.15) is 12.4 Å². The molecule has 4 rings (SSSR count). The minimum atomic E-state index is -1.51. The summed E-state index contributed by atoms with van der Waals surface area (Å²) in [6.07, 6.45) is 0.301. The maximum Gasteiger partial charge on any atom is 0.354 e. The quantitative estimate of drug-likeness (QED) is 0.719. The number of ether oxygens (including phenoxy) is 2. The van der Waals surface area contributed by atoms with Crippen LogP contribution in [0.15, 0.2) is 42.5 Å². The van der Waals surface area contributed by atoms with Crippen LogP contribution in [0.2, 0.25) is 5.02 Å². The Bertz CT molecular complexity index is 1020. The van der Waals surface area contributed by atoms with Crippen molar-refractivity contribution >= 4 is 35.1 Å². The van der Waals surface area contributed by atoms with Crippen LogP contribution in [0.1, 0.15) is 28.8 Å². The van der Waals surface area contributed by atoms with Crippen molar-refractivity contribution in [2.75, 3.05) is 19.1 Å². The maximum absolute atomic E-state index is 13.3.